The fourth-order valence-corrected chi connectivity index (χ4v) is 2.37. The van der Waals surface area contributed by atoms with Crippen molar-refractivity contribution in [3.05, 3.63) is 48.4 Å². The molecule has 0 saturated heterocycles. The molecule has 3 rings (SSSR count). The lowest BCUT2D eigenvalue weighted by Gasteiger charge is -2.08. The fraction of sp³-hybridized carbons (Fsp3) is 0.188. The third-order valence-corrected chi connectivity index (χ3v) is 3.39. The molecule has 1 aromatic carbocycles. The highest BCUT2D eigenvalue weighted by Gasteiger charge is 2.16. The largest absolute Gasteiger partial charge is 0.497 e. The molecule has 0 unspecified atom stereocenters. The second kappa shape index (κ2) is 5.85. The van der Waals surface area contributed by atoms with Gasteiger partial charge in [0.05, 0.1) is 26.2 Å². The van der Waals surface area contributed by atoms with E-state index in [4.69, 9.17) is 9.47 Å². The summed E-state index contributed by atoms with van der Waals surface area (Å²) in [5.74, 6) is 0.955. The summed E-state index contributed by atoms with van der Waals surface area (Å²) in [6.07, 6.45) is 3.48. The van der Waals surface area contributed by atoms with Crippen LogP contribution in [0.25, 0.3) is 16.9 Å². The number of aromatic nitrogens is 3. The maximum absolute atomic E-state index is 11.7. The van der Waals surface area contributed by atoms with E-state index in [0.717, 1.165) is 22.3 Å². The second-order valence-corrected chi connectivity index (χ2v) is 4.70. The third-order valence-electron chi connectivity index (χ3n) is 3.39. The average molecular weight is 297 g/mol. The van der Waals surface area contributed by atoms with Crippen molar-refractivity contribution in [2.24, 2.45) is 0 Å². The molecule has 0 aliphatic rings. The van der Waals surface area contributed by atoms with Crippen LogP contribution < -0.4 is 4.74 Å². The first-order chi connectivity index (χ1) is 10.7. The molecule has 0 aliphatic heterocycles. The highest BCUT2D eigenvalue weighted by molar-refractivity contribution is 5.86. The molecule has 0 aliphatic carbocycles. The van der Waals surface area contributed by atoms with E-state index >= 15 is 0 Å². The van der Waals surface area contributed by atoms with Gasteiger partial charge in [0.15, 0.2) is 0 Å². The van der Waals surface area contributed by atoms with Crippen LogP contribution in [-0.4, -0.2) is 34.7 Å². The molecule has 6 nitrogen and oxygen atoms in total. The van der Waals surface area contributed by atoms with Crippen LogP contribution in [0.1, 0.15) is 5.69 Å². The maximum Gasteiger partial charge on any atom is 0.311 e. The molecule has 0 N–H and O–H groups in total. The summed E-state index contributed by atoms with van der Waals surface area (Å²) in [5, 5.41) is 0.950. The van der Waals surface area contributed by atoms with Crippen molar-refractivity contribution < 1.29 is 14.3 Å². The number of carbonyl (C=O) groups excluding carboxylic acids is 1. The quantitative estimate of drug-likeness (QED) is 0.690. The minimum Gasteiger partial charge on any atom is -0.497 e. The van der Waals surface area contributed by atoms with Crippen LogP contribution >= 0.6 is 0 Å². The van der Waals surface area contributed by atoms with Gasteiger partial charge in [-0.3, -0.25) is 9.36 Å². The van der Waals surface area contributed by atoms with E-state index in [1.807, 2.05) is 28.8 Å². The molecule has 0 saturated carbocycles. The molecule has 2 heterocycles. The van der Waals surface area contributed by atoms with Gasteiger partial charge in [0.25, 0.3) is 0 Å². The van der Waals surface area contributed by atoms with Gasteiger partial charge in [0.2, 0.25) is 5.95 Å². The predicted molar refractivity (Wildman–Crippen MR) is 81.1 cm³/mol. The number of methoxy groups -OCH3 is 2. The Morgan fingerprint density at radius 2 is 1.95 bits per heavy atom. The summed E-state index contributed by atoms with van der Waals surface area (Å²) < 4.78 is 11.9. The van der Waals surface area contributed by atoms with E-state index in [1.54, 1.807) is 25.6 Å². The topological polar surface area (TPSA) is 66.2 Å². The maximum atomic E-state index is 11.7. The second-order valence-electron chi connectivity index (χ2n) is 4.70. The summed E-state index contributed by atoms with van der Waals surface area (Å²) in [6.45, 7) is 0. The van der Waals surface area contributed by atoms with Crippen molar-refractivity contribution in [1.29, 1.82) is 0 Å². The number of ether oxygens (including phenoxy) is 2. The van der Waals surface area contributed by atoms with Crippen molar-refractivity contribution in [1.82, 2.24) is 14.5 Å². The number of carbonyl (C=O) groups is 1. The number of hydrogen-bond acceptors (Lipinski definition) is 5. The first-order valence-electron chi connectivity index (χ1n) is 6.75. The van der Waals surface area contributed by atoms with Gasteiger partial charge in [0, 0.05) is 23.5 Å². The Morgan fingerprint density at radius 3 is 2.64 bits per heavy atom. The zero-order valence-electron chi connectivity index (χ0n) is 12.3. The lowest BCUT2D eigenvalue weighted by molar-refractivity contribution is -0.139. The first kappa shape index (κ1) is 14.1. The average Bonchev–Trinajstić information content (AvgIpc) is 2.92. The molecule has 0 radical (unpaired) electrons. The van der Waals surface area contributed by atoms with Gasteiger partial charge in [0.1, 0.15) is 5.75 Å². The minimum atomic E-state index is -0.313. The van der Waals surface area contributed by atoms with Crippen molar-refractivity contribution in [2.45, 2.75) is 6.42 Å². The molecule has 0 spiro atoms. The smallest absolute Gasteiger partial charge is 0.311 e. The van der Waals surface area contributed by atoms with Crippen LogP contribution in [0, 0.1) is 0 Å². The Hall–Kier alpha value is -2.89. The monoisotopic (exact) mass is 297 g/mol. The van der Waals surface area contributed by atoms with E-state index in [2.05, 4.69) is 9.97 Å². The molecule has 0 atom stereocenters. The Bertz CT molecular complexity index is 812. The van der Waals surface area contributed by atoms with E-state index in [9.17, 15) is 4.79 Å². The minimum absolute atomic E-state index is 0.145. The summed E-state index contributed by atoms with van der Waals surface area (Å²) in [4.78, 5) is 20.2. The molecule has 0 fully saturated rings. The van der Waals surface area contributed by atoms with Gasteiger partial charge in [-0.1, -0.05) is 0 Å². The number of rotatable bonds is 4. The lowest BCUT2D eigenvalue weighted by Crippen LogP contribution is -2.10. The van der Waals surface area contributed by atoms with Crippen LogP contribution in [0.15, 0.2) is 42.7 Å². The summed E-state index contributed by atoms with van der Waals surface area (Å²) in [7, 11) is 2.99. The van der Waals surface area contributed by atoms with E-state index < -0.39 is 0 Å². The van der Waals surface area contributed by atoms with Gasteiger partial charge >= 0.3 is 5.97 Å². The van der Waals surface area contributed by atoms with Crippen molar-refractivity contribution in [2.75, 3.05) is 14.2 Å². The predicted octanol–water partition coefficient (Wildman–Crippen LogP) is 2.14. The Balaban J connectivity index is 2.21. The van der Waals surface area contributed by atoms with Crippen LogP contribution in [0.4, 0.5) is 0 Å². The summed E-state index contributed by atoms with van der Waals surface area (Å²) >= 11 is 0. The normalized spacial score (nSPS) is 10.6. The fourth-order valence-electron chi connectivity index (χ4n) is 2.37. The Kier molecular flexibility index (Phi) is 3.74. The van der Waals surface area contributed by atoms with Crippen molar-refractivity contribution >= 4 is 16.9 Å². The number of fused-ring (bicyclic) bond motifs is 1. The van der Waals surface area contributed by atoms with Gasteiger partial charge in [-0.05, 0) is 30.3 Å². The van der Waals surface area contributed by atoms with Gasteiger partial charge < -0.3 is 9.47 Å². The van der Waals surface area contributed by atoms with Crippen LogP contribution in [0.3, 0.4) is 0 Å². The molecule has 3 aromatic rings. The first-order valence-corrected chi connectivity index (χ1v) is 6.75. The molecule has 2 aromatic heterocycles. The molecule has 6 heteroatoms. The van der Waals surface area contributed by atoms with E-state index in [0.29, 0.717) is 5.95 Å². The summed E-state index contributed by atoms with van der Waals surface area (Å²) in [5.41, 5.74) is 1.67. The molecule has 112 valence electrons. The van der Waals surface area contributed by atoms with E-state index in [1.165, 1.54) is 7.11 Å². The van der Waals surface area contributed by atoms with Crippen LogP contribution in [0.2, 0.25) is 0 Å². The van der Waals surface area contributed by atoms with Gasteiger partial charge in [-0.25, -0.2) is 9.97 Å². The third kappa shape index (κ3) is 2.50. The highest BCUT2D eigenvalue weighted by atomic mass is 16.5. The van der Waals surface area contributed by atoms with E-state index in [-0.39, 0.29) is 12.4 Å². The van der Waals surface area contributed by atoms with Crippen LogP contribution in [-0.2, 0) is 16.0 Å². The van der Waals surface area contributed by atoms with Crippen LogP contribution in [0.5, 0.6) is 5.75 Å². The molecule has 0 amide bonds. The number of hydrogen-bond donors (Lipinski definition) is 0. The number of nitrogens with zero attached hydrogens (tertiary/aromatic N) is 3. The standard InChI is InChI=1S/C16H15N3O3/c1-21-13-4-5-14-11(9-13)8-12(10-15(20)22-2)19(14)16-17-6-3-7-18-16/h3-9H,10H2,1-2H3. The van der Waals surface area contributed by atoms with Gasteiger partial charge in [-0.2, -0.15) is 0 Å². The summed E-state index contributed by atoms with van der Waals surface area (Å²) in [6, 6.07) is 9.37. The SMILES string of the molecule is COC(=O)Cc1cc2cc(OC)ccc2n1-c1ncccn1. The van der Waals surface area contributed by atoms with Crippen molar-refractivity contribution in [3.8, 4) is 11.7 Å². The lowest BCUT2D eigenvalue weighted by atomic mass is 10.2. The van der Waals surface area contributed by atoms with Gasteiger partial charge in [-0.15, -0.1) is 0 Å². The molecule has 0 bridgehead atoms. The number of esters is 1. The molecule has 22 heavy (non-hydrogen) atoms. The van der Waals surface area contributed by atoms with Crippen molar-refractivity contribution in [3.63, 3.8) is 0 Å². The Morgan fingerprint density at radius 1 is 1.18 bits per heavy atom. The molecular formula is C16H15N3O3. The number of benzene rings is 1. The zero-order chi connectivity index (χ0) is 15.5. The Labute approximate surface area is 127 Å². The molecular weight excluding hydrogens is 282 g/mol. The highest BCUT2D eigenvalue weighted by Crippen LogP contribution is 2.27. The zero-order valence-corrected chi connectivity index (χ0v) is 12.3.